The van der Waals surface area contributed by atoms with Crippen LogP contribution in [0.15, 0.2) is 0 Å². The summed E-state index contributed by atoms with van der Waals surface area (Å²) in [6.45, 7) is 4.27. The Morgan fingerprint density at radius 3 is 2.50 bits per heavy atom. The van der Waals surface area contributed by atoms with Gasteiger partial charge in [0.1, 0.15) is 0 Å². The van der Waals surface area contributed by atoms with Crippen LogP contribution in [0.1, 0.15) is 26.7 Å². The smallest absolute Gasteiger partial charge is 0.305 e. The molecule has 0 aliphatic carbocycles. The predicted molar refractivity (Wildman–Crippen MR) is 31.5 cm³/mol. The van der Waals surface area contributed by atoms with Crippen molar-refractivity contribution in [2.75, 3.05) is 6.61 Å². The van der Waals surface area contributed by atoms with Crippen LogP contribution in [-0.4, -0.2) is 12.6 Å². The molecule has 2 heteroatoms. The molecule has 0 N–H and O–H groups in total. The number of ether oxygens (including phenoxy) is 1. The molecule has 48 valence electrons. The van der Waals surface area contributed by atoms with Gasteiger partial charge in [-0.3, -0.25) is 4.79 Å². The first-order valence-electron chi connectivity index (χ1n) is 2.96. The van der Waals surface area contributed by atoms with Crippen molar-refractivity contribution >= 4 is 5.97 Å². The maximum absolute atomic E-state index is 10.4. The SMILES string of the molecule is CC[13CH2][13C](=O)OCC. The third-order valence-corrected chi connectivity index (χ3v) is 0.759. The van der Waals surface area contributed by atoms with E-state index in [0.29, 0.717) is 13.0 Å². The van der Waals surface area contributed by atoms with Gasteiger partial charge in [-0.2, -0.15) is 0 Å². The van der Waals surface area contributed by atoms with E-state index in [-0.39, 0.29) is 5.97 Å². The molecule has 0 rings (SSSR count). The van der Waals surface area contributed by atoms with Crippen LogP contribution in [0.5, 0.6) is 0 Å². The lowest BCUT2D eigenvalue weighted by molar-refractivity contribution is -0.143. The monoisotopic (exact) mass is 118 g/mol. The first kappa shape index (κ1) is 7.47. The third kappa shape index (κ3) is 3.65. The second-order valence-electron chi connectivity index (χ2n) is 1.56. The maximum atomic E-state index is 10.4. The summed E-state index contributed by atoms with van der Waals surface area (Å²) < 4.78 is 4.64. The van der Waals surface area contributed by atoms with Gasteiger partial charge in [-0.1, -0.05) is 6.92 Å². The van der Waals surface area contributed by atoms with E-state index >= 15 is 0 Å². The van der Waals surface area contributed by atoms with Crippen LogP contribution in [0.2, 0.25) is 0 Å². The minimum atomic E-state index is -0.0880. The van der Waals surface area contributed by atoms with E-state index in [0.717, 1.165) is 6.42 Å². The van der Waals surface area contributed by atoms with Crippen LogP contribution >= 0.6 is 0 Å². The molecule has 2 nitrogen and oxygen atoms in total. The average Bonchev–Trinajstić information content (AvgIpc) is 1.68. The molecule has 8 heavy (non-hydrogen) atoms. The van der Waals surface area contributed by atoms with E-state index in [4.69, 9.17) is 0 Å². The number of hydrogen-bond acceptors (Lipinski definition) is 2. The number of esters is 1. The van der Waals surface area contributed by atoms with Gasteiger partial charge in [-0.05, 0) is 13.3 Å². The Hall–Kier alpha value is -0.530. The van der Waals surface area contributed by atoms with Crippen molar-refractivity contribution in [3.63, 3.8) is 0 Å². The van der Waals surface area contributed by atoms with E-state index in [1.54, 1.807) is 0 Å². The Labute approximate surface area is 49.8 Å². The number of carbonyl (C=O) groups is 1. The normalized spacial score (nSPS) is 8.75. The van der Waals surface area contributed by atoms with Gasteiger partial charge in [0.2, 0.25) is 0 Å². The summed E-state index contributed by atoms with van der Waals surface area (Å²) >= 11 is 0. The van der Waals surface area contributed by atoms with Crippen LogP contribution in [0.4, 0.5) is 0 Å². The van der Waals surface area contributed by atoms with Crippen molar-refractivity contribution in [1.82, 2.24) is 0 Å². The van der Waals surface area contributed by atoms with Gasteiger partial charge in [0.25, 0.3) is 0 Å². The second-order valence-corrected chi connectivity index (χ2v) is 1.56. The highest BCUT2D eigenvalue weighted by Gasteiger charge is 1.95. The fourth-order valence-corrected chi connectivity index (χ4v) is 0.437. The van der Waals surface area contributed by atoms with Crippen LogP contribution in [0.3, 0.4) is 0 Å². The molecule has 0 radical (unpaired) electrons. The van der Waals surface area contributed by atoms with Crippen molar-refractivity contribution < 1.29 is 9.53 Å². The Kier molecular flexibility index (Phi) is 4.32. The van der Waals surface area contributed by atoms with Gasteiger partial charge < -0.3 is 4.74 Å². The zero-order chi connectivity index (χ0) is 6.41. The standard InChI is InChI=1S/C6H12O2/c1-3-5-6(7)8-4-2/h3-5H2,1-2H3/i5+1,6+1. The van der Waals surface area contributed by atoms with Crippen LogP contribution in [-0.2, 0) is 9.53 Å². The summed E-state index contributed by atoms with van der Waals surface area (Å²) in [6.07, 6.45) is 1.42. The predicted octanol–water partition coefficient (Wildman–Crippen LogP) is 1.35. The van der Waals surface area contributed by atoms with E-state index < -0.39 is 0 Å². The summed E-state index contributed by atoms with van der Waals surface area (Å²) in [5.74, 6) is -0.0880. The molecule has 0 saturated carbocycles. The summed E-state index contributed by atoms with van der Waals surface area (Å²) in [5, 5.41) is 0. The van der Waals surface area contributed by atoms with E-state index in [9.17, 15) is 4.79 Å². The van der Waals surface area contributed by atoms with Crippen LogP contribution in [0, 0.1) is 0 Å². The van der Waals surface area contributed by atoms with Gasteiger partial charge in [-0.15, -0.1) is 0 Å². The highest BCUT2D eigenvalue weighted by molar-refractivity contribution is 5.69. The van der Waals surface area contributed by atoms with Gasteiger partial charge in [0.05, 0.1) is 6.61 Å². The molecule has 0 aliphatic rings. The van der Waals surface area contributed by atoms with E-state index in [1.165, 1.54) is 0 Å². The Bertz CT molecular complexity index is 60.9. The van der Waals surface area contributed by atoms with Crippen LogP contribution in [0.25, 0.3) is 0 Å². The molecular formula is C6H12O2. The van der Waals surface area contributed by atoms with Gasteiger partial charge >= 0.3 is 5.97 Å². The molecule has 0 aromatic rings. The fourth-order valence-electron chi connectivity index (χ4n) is 0.437. The molecule has 0 fully saturated rings. The topological polar surface area (TPSA) is 26.3 Å². The molecule has 0 heterocycles. The Morgan fingerprint density at radius 1 is 1.50 bits per heavy atom. The number of carbonyl (C=O) groups excluding carboxylic acids is 1. The molecular weight excluding hydrogens is 106 g/mol. The first-order valence-corrected chi connectivity index (χ1v) is 2.96. The van der Waals surface area contributed by atoms with Crippen molar-refractivity contribution in [1.29, 1.82) is 0 Å². The quantitative estimate of drug-likeness (QED) is 0.413. The Balaban J connectivity index is 3.06. The zero-order valence-electron chi connectivity index (χ0n) is 5.44. The lowest BCUT2D eigenvalue weighted by Crippen LogP contribution is -2.01. The molecule has 0 aliphatic heterocycles. The fraction of sp³-hybridized carbons (Fsp3) is 0.833. The number of rotatable bonds is 3. The summed E-state index contributed by atoms with van der Waals surface area (Å²) in [6, 6.07) is 0. The minimum absolute atomic E-state index is 0.0880. The van der Waals surface area contributed by atoms with Crippen molar-refractivity contribution in [2.24, 2.45) is 0 Å². The number of hydrogen-bond donors (Lipinski definition) is 0. The lowest BCUT2D eigenvalue weighted by Gasteiger charge is -1.96. The third-order valence-electron chi connectivity index (χ3n) is 0.759. The first-order chi connectivity index (χ1) is 3.81. The lowest BCUT2D eigenvalue weighted by atomic mass is 10.7. The highest BCUT2D eigenvalue weighted by Crippen LogP contribution is 1.89. The molecule has 0 aromatic heterocycles. The second kappa shape index (κ2) is 4.62. The summed E-state index contributed by atoms with van der Waals surface area (Å²) in [4.78, 5) is 10.4. The van der Waals surface area contributed by atoms with Crippen molar-refractivity contribution in [2.45, 2.75) is 26.7 Å². The summed E-state index contributed by atoms with van der Waals surface area (Å²) in [7, 11) is 0. The molecule has 0 bridgehead atoms. The molecule has 0 amide bonds. The van der Waals surface area contributed by atoms with E-state index in [2.05, 4.69) is 4.74 Å². The molecule has 0 unspecified atom stereocenters. The van der Waals surface area contributed by atoms with Crippen molar-refractivity contribution in [3.8, 4) is 0 Å². The average molecular weight is 118 g/mol. The van der Waals surface area contributed by atoms with Crippen LogP contribution < -0.4 is 0 Å². The molecule has 0 saturated heterocycles. The zero-order valence-corrected chi connectivity index (χ0v) is 5.44. The molecule has 0 atom stereocenters. The highest BCUT2D eigenvalue weighted by atomic mass is 16.6. The molecule has 0 aromatic carbocycles. The van der Waals surface area contributed by atoms with E-state index in [1.807, 2.05) is 13.8 Å². The van der Waals surface area contributed by atoms with Gasteiger partial charge in [0, 0.05) is 6.42 Å². The van der Waals surface area contributed by atoms with Gasteiger partial charge in [0.15, 0.2) is 0 Å². The van der Waals surface area contributed by atoms with Gasteiger partial charge in [-0.25, -0.2) is 0 Å². The van der Waals surface area contributed by atoms with Crippen molar-refractivity contribution in [3.05, 3.63) is 0 Å². The largest absolute Gasteiger partial charge is 0.466 e. The summed E-state index contributed by atoms with van der Waals surface area (Å²) in [5.41, 5.74) is 0. The minimum Gasteiger partial charge on any atom is -0.466 e. The Morgan fingerprint density at radius 2 is 2.12 bits per heavy atom. The maximum Gasteiger partial charge on any atom is 0.305 e. The molecule has 0 spiro atoms.